The number of rotatable bonds is 2. The molecule has 0 bridgehead atoms. The van der Waals surface area contributed by atoms with Gasteiger partial charge in [-0.2, -0.15) is 11.8 Å². The molecule has 0 saturated carbocycles. The number of hydrogen-bond donors (Lipinski definition) is 1. The number of fused-ring (bicyclic) bond motifs is 1. The molecule has 2 unspecified atom stereocenters. The van der Waals surface area contributed by atoms with E-state index in [0.717, 1.165) is 28.9 Å². The predicted molar refractivity (Wildman–Crippen MR) is 71.6 cm³/mol. The normalized spacial score (nSPS) is 22.1. The molecule has 1 aliphatic rings. The molecule has 0 aliphatic carbocycles. The van der Waals surface area contributed by atoms with Crippen LogP contribution in [0.15, 0.2) is 28.7 Å². The van der Waals surface area contributed by atoms with E-state index in [-0.39, 0.29) is 0 Å². The lowest BCUT2D eigenvalue weighted by Gasteiger charge is -2.13. The van der Waals surface area contributed by atoms with Crippen molar-refractivity contribution in [2.45, 2.75) is 12.5 Å². The van der Waals surface area contributed by atoms with Crippen molar-refractivity contribution in [2.24, 2.45) is 5.92 Å². The van der Waals surface area contributed by atoms with E-state index < -0.39 is 6.10 Å². The minimum Gasteiger partial charge on any atom is -0.458 e. The van der Waals surface area contributed by atoms with Gasteiger partial charge in [-0.3, -0.25) is 0 Å². The van der Waals surface area contributed by atoms with Crippen LogP contribution in [0.1, 0.15) is 18.3 Å². The van der Waals surface area contributed by atoms with Crippen LogP contribution in [-0.4, -0.2) is 16.6 Å². The Morgan fingerprint density at radius 1 is 1.41 bits per heavy atom. The zero-order valence-electron chi connectivity index (χ0n) is 9.23. The van der Waals surface area contributed by atoms with Crippen molar-refractivity contribution in [1.29, 1.82) is 0 Å². The van der Waals surface area contributed by atoms with Gasteiger partial charge in [0.25, 0.3) is 0 Å². The van der Waals surface area contributed by atoms with Crippen LogP contribution in [0.5, 0.6) is 0 Å². The van der Waals surface area contributed by atoms with E-state index in [1.807, 2.05) is 30.0 Å². The molecule has 1 aliphatic heterocycles. The maximum absolute atomic E-state index is 10.3. The molecule has 1 aromatic heterocycles. The molecule has 1 N–H and O–H groups in total. The van der Waals surface area contributed by atoms with Gasteiger partial charge in [0.15, 0.2) is 0 Å². The molecule has 2 aromatic rings. The second kappa shape index (κ2) is 4.56. The Kier molecular flexibility index (Phi) is 3.07. The van der Waals surface area contributed by atoms with Gasteiger partial charge in [0.05, 0.1) is 0 Å². The summed E-state index contributed by atoms with van der Waals surface area (Å²) in [6.45, 7) is 0. The summed E-state index contributed by atoms with van der Waals surface area (Å²) in [6, 6.07) is 7.40. The number of aliphatic hydroxyl groups is 1. The highest BCUT2D eigenvalue weighted by Crippen LogP contribution is 2.36. The summed E-state index contributed by atoms with van der Waals surface area (Å²) < 4.78 is 5.68. The van der Waals surface area contributed by atoms with Gasteiger partial charge in [-0.05, 0) is 42.2 Å². The van der Waals surface area contributed by atoms with Gasteiger partial charge in [0.2, 0.25) is 0 Å². The molecule has 1 saturated heterocycles. The Labute approximate surface area is 109 Å². The van der Waals surface area contributed by atoms with Gasteiger partial charge in [0, 0.05) is 16.3 Å². The molecular weight excluding hydrogens is 256 g/mol. The molecule has 4 heteroatoms. The minimum atomic E-state index is -0.490. The molecule has 90 valence electrons. The molecule has 2 heterocycles. The molecule has 2 nitrogen and oxygen atoms in total. The predicted octanol–water partition coefficient (Wildman–Crippen LogP) is 3.87. The Balaban J connectivity index is 1.94. The topological polar surface area (TPSA) is 33.4 Å². The van der Waals surface area contributed by atoms with Gasteiger partial charge in [0.1, 0.15) is 17.4 Å². The van der Waals surface area contributed by atoms with Crippen LogP contribution < -0.4 is 0 Å². The highest BCUT2D eigenvalue weighted by atomic mass is 35.5. The van der Waals surface area contributed by atoms with Crippen LogP contribution in [0.2, 0.25) is 5.02 Å². The van der Waals surface area contributed by atoms with Crippen LogP contribution in [0, 0.1) is 5.92 Å². The molecule has 3 rings (SSSR count). The molecule has 17 heavy (non-hydrogen) atoms. The van der Waals surface area contributed by atoms with Crippen LogP contribution in [0.4, 0.5) is 0 Å². The highest BCUT2D eigenvalue weighted by Gasteiger charge is 2.27. The van der Waals surface area contributed by atoms with Crippen molar-refractivity contribution in [3.8, 4) is 0 Å². The lowest BCUT2D eigenvalue weighted by Crippen LogP contribution is -2.10. The average Bonchev–Trinajstić information content (AvgIpc) is 2.96. The minimum absolute atomic E-state index is 0.316. The fraction of sp³-hybridized carbons (Fsp3) is 0.385. The molecule has 0 amide bonds. The summed E-state index contributed by atoms with van der Waals surface area (Å²) in [5.74, 6) is 3.12. The first-order valence-electron chi connectivity index (χ1n) is 5.69. The zero-order chi connectivity index (χ0) is 11.8. The summed E-state index contributed by atoms with van der Waals surface area (Å²) in [4.78, 5) is 0. The second-order valence-electron chi connectivity index (χ2n) is 4.40. The number of thioether (sulfide) groups is 1. The third-order valence-corrected chi connectivity index (χ3v) is 4.62. The molecule has 0 radical (unpaired) electrons. The summed E-state index contributed by atoms with van der Waals surface area (Å²) in [6.07, 6.45) is 0.570. The number of aliphatic hydroxyl groups excluding tert-OH is 1. The first-order valence-corrected chi connectivity index (χ1v) is 7.22. The first-order chi connectivity index (χ1) is 8.24. The largest absolute Gasteiger partial charge is 0.458 e. The standard InChI is InChI=1S/C13H13ClO2S/c14-10-1-2-11-9(5-10)6-12(16-11)13(15)8-3-4-17-7-8/h1-2,5-6,8,13,15H,3-4,7H2. The monoisotopic (exact) mass is 268 g/mol. The second-order valence-corrected chi connectivity index (χ2v) is 5.99. The van der Waals surface area contributed by atoms with E-state index in [0.29, 0.717) is 16.7 Å². The van der Waals surface area contributed by atoms with E-state index >= 15 is 0 Å². The fourth-order valence-corrected chi connectivity index (χ4v) is 3.68. The zero-order valence-corrected chi connectivity index (χ0v) is 10.8. The van der Waals surface area contributed by atoms with Gasteiger partial charge in [-0.15, -0.1) is 0 Å². The fourth-order valence-electron chi connectivity index (χ4n) is 2.21. The summed E-state index contributed by atoms with van der Waals surface area (Å²) in [7, 11) is 0. The van der Waals surface area contributed by atoms with Crippen LogP contribution in [-0.2, 0) is 0 Å². The number of furan rings is 1. The van der Waals surface area contributed by atoms with Crippen molar-refractivity contribution >= 4 is 34.3 Å². The first kappa shape index (κ1) is 11.5. The Morgan fingerprint density at radius 2 is 2.29 bits per heavy atom. The van der Waals surface area contributed by atoms with Crippen molar-refractivity contribution in [3.63, 3.8) is 0 Å². The third-order valence-electron chi connectivity index (χ3n) is 3.20. The number of halogens is 1. The molecule has 1 fully saturated rings. The van der Waals surface area contributed by atoms with Crippen molar-refractivity contribution < 1.29 is 9.52 Å². The van der Waals surface area contributed by atoms with Crippen LogP contribution in [0.25, 0.3) is 11.0 Å². The quantitative estimate of drug-likeness (QED) is 0.898. The maximum Gasteiger partial charge on any atom is 0.134 e. The van der Waals surface area contributed by atoms with Crippen molar-refractivity contribution in [1.82, 2.24) is 0 Å². The van der Waals surface area contributed by atoms with Gasteiger partial charge < -0.3 is 9.52 Å². The van der Waals surface area contributed by atoms with Crippen molar-refractivity contribution in [2.75, 3.05) is 11.5 Å². The average molecular weight is 269 g/mol. The van der Waals surface area contributed by atoms with Gasteiger partial charge in [-0.25, -0.2) is 0 Å². The summed E-state index contributed by atoms with van der Waals surface area (Å²) in [5, 5.41) is 11.9. The summed E-state index contributed by atoms with van der Waals surface area (Å²) in [5.41, 5.74) is 0.786. The smallest absolute Gasteiger partial charge is 0.134 e. The lowest BCUT2D eigenvalue weighted by molar-refractivity contribution is 0.0994. The van der Waals surface area contributed by atoms with Gasteiger partial charge >= 0.3 is 0 Å². The van der Waals surface area contributed by atoms with Gasteiger partial charge in [-0.1, -0.05) is 11.6 Å². The van der Waals surface area contributed by atoms with Crippen molar-refractivity contribution in [3.05, 3.63) is 35.0 Å². The van der Waals surface area contributed by atoms with E-state index in [1.54, 1.807) is 6.07 Å². The lowest BCUT2D eigenvalue weighted by atomic mass is 10.00. The van der Waals surface area contributed by atoms with Crippen LogP contribution >= 0.6 is 23.4 Å². The Morgan fingerprint density at radius 3 is 3.06 bits per heavy atom. The van der Waals surface area contributed by atoms with E-state index in [2.05, 4.69) is 0 Å². The maximum atomic E-state index is 10.3. The van der Waals surface area contributed by atoms with E-state index in [9.17, 15) is 5.11 Å². The third kappa shape index (κ3) is 2.19. The Hall–Kier alpha value is -0.640. The summed E-state index contributed by atoms with van der Waals surface area (Å²) >= 11 is 7.82. The number of benzene rings is 1. The molecule has 0 spiro atoms. The van der Waals surface area contributed by atoms with E-state index in [1.165, 1.54) is 0 Å². The number of hydrogen-bond acceptors (Lipinski definition) is 3. The highest BCUT2D eigenvalue weighted by molar-refractivity contribution is 7.99. The van der Waals surface area contributed by atoms with Crippen LogP contribution in [0.3, 0.4) is 0 Å². The molecular formula is C13H13ClO2S. The SMILES string of the molecule is OC(c1cc2cc(Cl)ccc2o1)C1CCSC1. The Bertz CT molecular complexity index is 531. The molecule has 1 aromatic carbocycles. The van der Waals surface area contributed by atoms with E-state index in [4.69, 9.17) is 16.0 Å². The molecule has 2 atom stereocenters.